The van der Waals surface area contributed by atoms with Crippen molar-refractivity contribution in [2.24, 2.45) is 10.7 Å². The van der Waals surface area contributed by atoms with E-state index in [-0.39, 0.29) is 11.1 Å². The number of para-hydroxylation sites is 1. The Bertz CT molecular complexity index is 1100. The van der Waals surface area contributed by atoms with Gasteiger partial charge in [-0.3, -0.25) is 0 Å². The number of fused-ring (bicyclic) bond motifs is 1. The molecule has 0 aliphatic carbocycles. The molecule has 2 heterocycles. The van der Waals surface area contributed by atoms with Gasteiger partial charge in [0.15, 0.2) is 5.54 Å². The number of nitrogens with zero attached hydrogens (tertiary/aromatic N) is 2. The van der Waals surface area contributed by atoms with Gasteiger partial charge in [0.25, 0.3) is 6.02 Å². The second-order valence-corrected chi connectivity index (χ2v) is 6.95. The van der Waals surface area contributed by atoms with Crippen LogP contribution in [-0.2, 0) is 15.9 Å². The van der Waals surface area contributed by atoms with Gasteiger partial charge in [-0.15, -0.1) is 0 Å². The number of nitrogens with two attached hydrogens (primary N) is 1. The Labute approximate surface area is 168 Å². The number of rotatable bonds is 3. The highest BCUT2D eigenvalue weighted by Gasteiger charge is 2.71. The quantitative estimate of drug-likeness (QED) is 0.632. The summed E-state index contributed by atoms with van der Waals surface area (Å²) in [4.78, 5) is 7.85. The Balaban J connectivity index is 2.07. The molecule has 2 aromatic carbocycles. The average Bonchev–Trinajstić information content (AvgIpc) is 2.74. The number of halogens is 5. The van der Waals surface area contributed by atoms with Crippen molar-refractivity contribution in [3.63, 3.8) is 0 Å². The largest absolute Gasteiger partial charge is 0.448 e. The number of hydrogen-bond donors (Lipinski definition) is 1. The Hall–Kier alpha value is -3.23. The molecule has 4 rings (SSSR count). The molecule has 0 bridgehead atoms. The number of hydrogen-bond acceptors (Lipinski definition) is 4. The lowest BCUT2D eigenvalue weighted by Crippen LogP contribution is -2.64. The minimum absolute atomic E-state index is 0.120. The average molecular weight is 421 g/mol. The number of alkyl halides is 5. The Morgan fingerprint density at radius 3 is 2.30 bits per heavy atom. The zero-order chi connectivity index (χ0) is 21.6. The molecule has 2 N–H and O–H groups in total. The van der Waals surface area contributed by atoms with Crippen molar-refractivity contribution >= 4 is 16.9 Å². The lowest BCUT2D eigenvalue weighted by atomic mass is 9.70. The lowest BCUT2D eigenvalue weighted by molar-refractivity contribution is -0.261. The third-order valence-electron chi connectivity index (χ3n) is 5.22. The zero-order valence-corrected chi connectivity index (χ0v) is 15.4. The smallest absolute Gasteiger partial charge is 0.429 e. The summed E-state index contributed by atoms with van der Waals surface area (Å²) in [7, 11) is 0. The third kappa shape index (κ3) is 2.88. The van der Waals surface area contributed by atoms with Gasteiger partial charge in [-0.05, 0) is 17.7 Å². The van der Waals surface area contributed by atoms with Crippen LogP contribution in [0.1, 0.15) is 11.3 Å². The number of amidine groups is 1. The summed E-state index contributed by atoms with van der Waals surface area (Å²) in [6, 6.07) is 15.1. The van der Waals surface area contributed by atoms with Gasteiger partial charge in [-0.2, -0.15) is 13.2 Å². The first kappa shape index (κ1) is 20.1. The molecule has 3 aromatic rings. The van der Waals surface area contributed by atoms with Crippen LogP contribution in [0.15, 0.2) is 71.7 Å². The fourth-order valence-corrected chi connectivity index (χ4v) is 3.81. The highest BCUT2D eigenvalue weighted by Crippen LogP contribution is 2.55. The molecular weight excluding hydrogens is 405 g/mol. The van der Waals surface area contributed by atoms with Crippen molar-refractivity contribution < 1.29 is 26.7 Å². The van der Waals surface area contributed by atoms with Crippen LogP contribution < -0.4 is 5.73 Å². The molecule has 9 heteroatoms. The predicted molar refractivity (Wildman–Crippen MR) is 101 cm³/mol. The SMILES string of the molecule is NC1=NC(CF)(c2ccccc2)C(F)(c2ccc3ccccc3n2)C(C(F)(F)F)O1. The predicted octanol–water partition coefficient (Wildman–Crippen LogP) is 4.54. The van der Waals surface area contributed by atoms with Crippen molar-refractivity contribution in [3.05, 3.63) is 78.0 Å². The van der Waals surface area contributed by atoms with Crippen LogP contribution in [0.2, 0.25) is 0 Å². The van der Waals surface area contributed by atoms with E-state index in [9.17, 15) is 17.6 Å². The molecule has 0 amide bonds. The molecule has 3 unspecified atom stereocenters. The van der Waals surface area contributed by atoms with E-state index in [0.29, 0.717) is 5.39 Å². The summed E-state index contributed by atoms with van der Waals surface area (Å²) in [5, 5.41) is 0.582. The third-order valence-corrected chi connectivity index (χ3v) is 5.22. The van der Waals surface area contributed by atoms with E-state index < -0.39 is 41.9 Å². The second-order valence-electron chi connectivity index (χ2n) is 6.95. The van der Waals surface area contributed by atoms with Crippen LogP contribution in [0.3, 0.4) is 0 Å². The first-order valence-corrected chi connectivity index (χ1v) is 8.98. The van der Waals surface area contributed by atoms with Crippen molar-refractivity contribution in [1.82, 2.24) is 4.98 Å². The molecule has 3 atom stereocenters. The molecule has 30 heavy (non-hydrogen) atoms. The topological polar surface area (TPSA) is 60.5 Å². The molecule has 0 radical (unpaired) electrons. The molecule has 1 aliphatic heterocycles. The molecule has 0 spiro atoms. The first-order valence-electron chi connectivity index (χ1n) is 8.98. The van der Waals surface area contributed by atoms with Crippen molar-refractivity contribution in [2.75, 3.05) is 6.67 Å². The van der Waals surface area contributed by atoms with Gasteiger partial charge in [-0.25, -0.2) is 18.8 Å². The molecule has 156 valence electrons. The fourth-order valence-electron chi connectivity index (χ4n) is 3.81. The maximum Gasteiger partial charge on any atom is 0.429 e. The Kier molecular flexibility index (Phi) is 4.63. The van der Waals surface area contributed by atoms with E-state index in [1.165, 1.54) is 36.4 Å². The van der Waals surface area contributed by atoms with E-state index in [1.807, 2.05) is 0 Å². The normalized spacial score (nSPS) is 26.8. The summed E-state index contributed by atoms with van der Waals surface area (Å²) in [6.45, 7) is -1.60. The molecule has 0 saturated heterocycles. The van der Waals surface area contributed by atoms with Crippen molar-refractivity contribution in [2.45, 2.75) is 23.5 Å². The molecule has 4 nitrogen and oxygen atoms in total. The minimum atomic E-state index is -5.22. The number of benzene rings is 2. The monoisotopic (exact) mass is 421 g/mol. The van der Waals surface area contributed by atoms with Crippen LogP contribution >= 0.6 is 0 Å². The fraction of sp³-hybridized carbons (Fsp3) is 0.238. The molecule has 0 fully saturated rings. The van der Waals surface area contributed by atoms with Gasteiger partial charge in [-0.1, -0.05) is 54.6 Å². The molecule has 0 saturated carbocycles. The second kappa shape index (κ2) is 6.93. The number of aliphatic imine (C=N–C) groups is 1. The van der Waals surface area contributed by atoms with E-state index in [2.05, 4.69) is 14.7 Å². The summed E-state index contributed by atoms with van der Waals surface area (Å²) < 4.78 is 78.0. The molecule has 1 aliphatic rings. The highest BCUT2D eigenvalue weighted by atomic mass is 19.4. The summed E-state index contributed by atoms with van der Waals surface area (Å²) in [5.74, 6) is 0. The number of ether oxygens (including phenoxy) is 1. The minimum Gasteiger partial charge on any atom is -0.448 e. The molecule has 1 aromatic heterocycles. The first-order chi connectivity index (χ1) is 14.2. The van der Waals surface area contributed by atoms with Gasteiger partial charge in [0, 0.05) is 5.39 Å². The van der Waals surface area contributed by atoms with Crippen LogP contribution in [0, 0.1) is 0 Å². The van der Waals surface area contributed by atoms with E-state index >= 15 is 4.39 Å². The van der Waals surface area contributed by atoms with E-state index in [1.54, 1.807) is 24.3 Å². The Morgan fingerprint density at radius 1 is 0.967 bits per heavy atom. The zero-order valence-electron chi connectivity index (χ0n) is 15.4. The molecular formula is C21H16F5N3O. The lowest BCUT2D eigenvalue weighted by Gasteiger charge is -2.47. The van der Waals surface area contributed by atoms with Gasteiger partial charge >= 0.3 is 6.18 Å². The van der Waals surface area contributed by atoms with Crippen LogP contribution in [0.5, 0.6) is 0 Å². The van der Waals surface area contributed by atoms with Gasteiger partial charge in [0.2, 0.25) is 11.8 Å². The van der Waals surface area contributed by atoms with Crippen LogP contribution in [0.25, 0.3) is 10.9 Å². The van der Waals surface area contributed by atoms with Gasteiger partial charge in [0.1, 0.15) is 6.67 Å². The van der Waals surface area contributed by atoms with Crippen molar-refractivity contribution in [1.29, 1.82) is 0 Å². The van der Waals surface area contributed by atoms with Gasteiger partial charge in [0.05, 0.1) is 11.2 Å². The summed E-state index contributed by atoms with van der Waals surface area (Å²) >= 11 is 0. The number of aromatic nitrogens is 1. The standard InChI is InChI=1S/C21H16F5N3O/c22-12-19(14-7-2-1-3-8-14)20(23,17(21(24,25)26)30-18(27)29-19)16-11-10-13-6-4-5-9-15(13)28-16/h1-11,17H,12H2,(H2,27,29). The maximum absolute atomic E-state index is 16.9. The van der Waals surface area contributed by atoms with E-state index in [0.717, 1.165) is 6.07 Å². The van der Waals surface area contributed by atoms with Gasteiger partial charge < -0.3 is 10.5 Å². The Morgan fingerprint density at radius 2 is 1.63 bits per heavy atom. The summed E-state index contributed by atoms with van der Waals surface area (Å²) in [5.41, 5.74) is -1.23. The van der Waals surface area contributed by atoms with Crippen molar-refractivity contribution in [3.8, 4) is 0 Å². The van der Waals surface area contributed by atoms with Crippen LogP contribution in [-0.4, -0.2) is 30.0 Å². The highest BCUT2D eigenvalue weighted by molar-refractivity contribution is 5.79. The van der Waals surface area contributed by atoms with Crippen LogP contribution in [0.4, 0.5) is 22.0 Å². The van der Waals surface area contributed by atoms with E-state index in [4.69, 9.17) is 5.73 Å². The maximum atomic E-state index is 16.9. The number of pyridine rings is 1. The summed E-state index contributed by atoms with van der Waals surface area (Å²) in [6.07, 6.45) is -8.34.